The van der Waals surface area contributed by atoms with Crippen LogP contribution in [-0.2, 0) is 23.0 Å². The number of alkyl halides is 1. The molecule has 0 saturated carbocycles. The van der Waals surface area contributed by atoms with Crippen molar-refractivity contribution in [1.29, 1.82) is 0 Å². The lowest BCUT2D eigenvalue weighted by atomic mass is 10.1. The third-order valence-corrected chi connectivity index (χ3v) is 7.13. The van der Waals surface area contributed by atoms with Gasteiger partial charge in [-0.25, -0.2) is 21.8 Å². The third-order valence-electron chi connectivity index (χ3n) is 5.38. The molecule has 8 heteroatoms. The van der Waals surface area contributed by atoms with E-state index in [9.17, 15) is 12.8 Å². The quantitative estimate of drug-likeness (QED) is 0.561. The van der Waals surface area contributed by atoms with Gasteiger partial charge in [-0.05, 0) is 24.3 Å². The van der Waals surface area contributed by atoms with Crippen molar-refractivity contribution in [2.24, 2.45) is 5.73 Å². The number of nitrogens with two attached hydrogens (primary N) is 1. The maximum Gasteiger partial charge on any atom is 0.268 e. The second-order valence-electron chi connectivity index (χ2n) is 7.22. The van der Waals surface area contributed by atoms with Gasteiger partial charge in [-0.3, -0.25) is 0 Å². The predicted molar refractivity (Wildman–Crippen MR) is 108 cm³/mol. The van der Waals surface area contributed by atoms with Gasteiger partial charge in [-0.15, -0.1) is 0 Å². The van der Waals surface area contributed by atoms with Crippen molar-refractivity contribution in [3.05, 3.63) is 84.1 Å². The van der Waals surface area contributed by atoms with E-state index in [0.29, 0.717) is 16.9 Å². The minimum absolute atomic E-state index is 0.175. The van der Waals surface area contributed by atoms with Crippen molar-refractivity contribution in [2.45, 2.75) is 30.1 Å². The van der Waals surface area contributed by atoms with Crippen LogP contribution in [0.4, 0.5) is 4.39 Å². The Labute approximate surface area is 167 Å². The standard InChI is InChI=1S/C21H19FN4O2S/c22-15-11-19-21(24-13-25(19)12-15)20(23)18-10-14-6-4-5-9-17(14)26(18)29(27,28)16-7-2-1-3-8-16/h1-10,13,15,20H,11-12,23H2/t15-,20-/m1/s1. The summed E-state index contributed by atoms with van der Waals surface area (Å²) >= 11 is 0. The molecule has 0 bridgehead atoms. The molecule has 0 fully saturated rings. The summed E-state index contributed by atoms with van der Waals surface area (Å²) in [5.74, 6) is 0. The molecule has 1 aliphatic rings. The highest BCUT2D eigenvalue weighted by Crippen LogP contribution is 2.33. The number of para-hydroxylation sites is 1. The number of aromatic nitrogens is 3. The van der Waals surface area contributed by atoms with Crippen LogP contribution in [0.25, 0.3) is 10.9 Å². The summed E-state index contributed by atoms with van der Waals surface area (Å²) in [5.41, 5.74) is 8.71. The first-order valence-electron chi connectivity index (χ1n) is 9.31. The maximum atomic E-state index is 13.9. The molecule has 0 unspecified atom stereocenters. The lowest BCUT2D eigenvalue weighted by Crippen LogP contribution is -2.23. The second kappa shape index (κ2) is 6.53. The average Bonchev–Trinajstić information content (AvgIpc) is 3.39. The summed E-state index contributed by atoms with van der Waals surface area (Å²) < 4.78 is 43.9. The summed E-state index contributed by atoms with van der Waals surface area (Å²) in [6.07, 6.45) is 0.829. The van der Waals surface area contributed by atoms with Crippen molar-refractivity contribution in [2.75, 3.05) is 0 Å². The minimum atomic E-state index is -3.89. The molecule has 2 atom stereocenters. The van der Waals surface area contributed by atoms with Crippen molar-refractivity contribution >= 4 is 20.9 Å². The van der Waals surface area contributed by atoms with Crippen LogP contribution < -0.4 is 5.73 Å². The van der Waals surface area contributed by atoms with Crippen LogP contribution in [0.5, 0.6) is 0 Å². The monoisotopic (exact) mass is 410 g/mol. The Balaban J connectivity index is 1.73. The van der Waals surface area contributed by atoms with Crippen LogP contribution in [0, 0.1) is 0 Å². The summed E-state index contributed by atoms with van der Waals surface area (Å²) in [4.78, 5) is 4.55. The number of benzene rings is 2. The Kier molecular flexibility index (Phi) is 4.07. The minimum Gasteiger partial charge on any atom is -0.331 e. The highest BCUT2D eigenvalue weighted by Gasteiger charge is 2.31. The van der Waals surface area contributed by atoms with E-state index in [1.165, 1.54) is 3.97 Å². The van der Waals surface area contributed by atoms with E-state index in [0.717, 1.165) is 11.1 Å². The van der Waals surface area contributed by atoms with Crippen LogP contribution in [0.1, 0.15) is 23.1 Å². The Morgan fingerprint density at radius 3 is 2.62 bits per heavy atom. The Bertz CT molecular complexity index is 1310. The number of hydrogen-bond acceptors (Lipinski definition) is 4. The van der Waals surface area contributed by atoms with Gasteiger partial charge in [0.15, 0.2) is 0 Å². The Morgan fingerprint density at radius 1 is 1.10 bits per heavy atom. The molecule has 2 N–H and O–H groups in total. The van der Waals surface area contributed by atoms with Gasteiger partial charge in [0.25, 0.3) is 10.0 Å². The van der Waals surface area contributed by atoms with Gasteiger partial charge in [0.05, 0.1) is 40.7 Å². The van der Waals surface area contributed by atoms with Gasteiger partial charge in [0, 0.05) is 17.5 Å². The number of nitrogens with zero attached hydrogens (tertiary/aromatic N) is 3. The van der Waals surface area contributed by atoms with Gasteiger partial charge >= 0.3 is 0 Å². The maximum absolute atomic E-state index is 13.9. The van der Waals surface area contributed by atoms with Crippen LogP contribution in [0.15, 0.2) is 71.9 Å². The van der Waals surface area contributed by atoms with Crippen LogP contribution in [0.2, 0.25) is 0 Å². The van der Waals surface area contributed by atoms with Crippen molar-refractivity contribution < 1.29 is 12.8 Å². The van der Waals surface area contributed by atoms with Gasteiger partial charge in [0.1, 0.15) is 6.17 Å². The van der Waals surface area contributed by atoms with Gasteiger partial charge in [0.2, 0.25) is 0 Å². The molecule has 0 amide bonds. The zero-order chi connectivity index (χ0) is 20.2. The fourth-order valence-corrected chi connectivity index (χ4v) is 5.60. The average molecular weight is 410 g/mol. The molecule has 5 rings (SSSR count). The summed E-state index contributed by atoms with van der Waals surface area (Å²) in [7, 11) is -3.89. The Hall–Kier alpha value is -2.97. The summed E-state index contributed by atoms with van der Waals surface area (Å²) in [6.45, 7) is 0.250. The fourth-order valence-electron chi connectivity index (χ4n) is 4.02. The molecule has 2 aromatic heterocycles. The highest BCUT2D eigenvalue weighted by molar-refractivity contribution is 7.90. The van der Waals surface area contributed by atoms with Crippen LogP contribution in [0.3, 0.4) is 0 Å². The van der Waals surface area contributed by atoms with Crippen molar-refractivity contribution in [3.63, 3.8) is 0 Å². The Morgan fingerprint density at radius 2 is 1.83 bits per heavy atom. The van der Waals surface area contributed by atoms with E-state index >= 15 is 0 Å². The normalized spacial score (nSPS) is 17.5. The molecule has 0 spiro atoms. The van der Waals surface area contributed by atoms with Gasteiger partial charge in [-0.2, -0.15) is 0 Å². The molecule has 2 aromatic carbocycles. The molecule has 0 saturated heterocycles. The first-order chi connectivity index (χ1) is 14.0. The second-order valence-corrected chi connectivity index (χ2v) is 9.01. The molecule has 4 aromatic rings. The molecular formula is C21H19FN4O2S. The van der Waals surface area contributed by atoms with Crippen LogP contribution >= 0.6 is 0 Å². The number of halogens is 1. The molecule has 3 heterocycles. The molecule has 1 aliphatic heterocycles. The van der Waals surface area contributed by atoms with E-state index in [4.69, 9.17) is 5.73 Å². The number of imidazole rings is 1. The third kappa shape index (κ3) is 2.79. The van der Waals surface area contributed by atoms with E-state index in [-0.39, 0.29) is 17.9 Å². The lowest BCUT2D eigenvalue weighted by Gasteiger charge is -2.16. The number of hydrogen-bond donors (Lipinski definition) is 1. The molecule has 0 aliphatic carbocycles. The number of fused-ring (bicyclic) bond motifs is 2. The summed E-state index contributed by atoms with van der Waals surface area (Å²) in [6, 6.07) is 16.4. The van der Waals surface area contributed by atoms with E-state index < -0.39 is 22.2 Å². The molecule has 148 valence electrons. The van der Waals surface area contributed by atoms with E-state index in [1.54, 1.807) is 59.4 Å². The van der Waals surface area contributed by atoms with E-state index in [2.05, 4.69) is 4.98 Å². The van der Waals surface area contributed by atoms with Gasteiger partial charge in [-0.1, -0.05) is 36.4 Å². The zero-order valence-corrected chi connectivity index (χ0v) is 16.3. The molecule has 0 radical (unpaired) electrons. The topological polar surface area (TPSA) is 82.9 Å². The van der Waals surface area contributed by atoms with Crippen molar-refractivity contribution in [1.82, 2.24) is 13.5 Å². The lowest BCUT2D eigenvalue weighted by molar-refractivity contribution is 0.328. The van der Waals surface area contributed by atoms with E-state index in [1.807, 2.05) is 12.1 Å². The SMILES string of the molecule is N[C@@H](c1ncn2c1C[C@@H](F)C2)c1cc2ccccc2n1S(=O)(=O)c1ccccc1. The highest BCUT2D eigenvalue weighted by atomic mass is 32.2. The van der Waals surface area contributed by atoms with Crippen LogP contribution in [-0.4, -0.2) is 28.1 Å². The largest absolute Gasteiger partial charge is 0.331 e. The fraction of sp³-hybridized carbons (Fsp3) is 0.190. The molecule has 29 heavy (non-hydrogen) atoms. The molecular weight excluding hydrogens is 391 g/mol. The van der Waals surface area contributed by atoms with Crippen molar-refractivity contribution in [3.8, 4) is 0 Å². The predicted octanol–water partition coefficient (Wildman–Crippen LogP) is 3.02. The summed E-state index contributed by atoms with van der Waals surface area (Å²) in [5, 5.41) is 0.761. The van der Waals surface area contributed by atoms with Gasteiger partial charge < -0.3 is 10.3 Å². The smallest absolute Gasteiger partial charge is 0.268 e. The molecule has 6 nitrogen and oxygen atoms in total. The zero-order valence-electron chi connectivity index (χ0n) is 15.4. The number of rotatable bonds is 4. The first-order valence-corrected chi connectivity index (χ1v) is 10.8. The first kappa shape index (κ1) is 18.1.